The molecule has 0 atom stereocenters. The lowest BCUT2D eigenvalue weighted by Crippen LogP contribution is -2.12. The molecule has 0 aliphatic heterocycles. The van der Waals surface area contributed by atoms with Crippen molar-refractivity contribution in [2.45, 2.75) is 6.61 Å². The lowest BCUT2D eigenvalue weighted by molar-refractivity contribution is 0.0550. The molecule has 0 amide bonds. The van der Waals surface area contributed by atoms with E-state index in [1.165, 1.54) is 0 Å². The third kappa shape index (κ3) is 2.57. The number of halogens is 3. The Kier molecular flexibility index (Phi) is 4.12. The highest BCUT2D eigenvalue weighted by Gasteiger charge is 2.22. The first-order valence-electron chi connectivity index (χ1n) is 4.40. The minimum absolute atomic E-state index is 0.350. The van der Waals surface area contributed by atoms with Crippen LogP contribution in [0.1, 0.15) is 15.9 Å². The van der Waals surface area contributed by atoms with Gasteiger partial charge in [-0.25, -0.2) is 18.0 Å². The van der Waals surface area contributed by atoms with Gasteiger partial charge in [0.1, 0.15) is 5.82 Å². The van der Waals surface area contributed by atoms with Gasteiger partial charge in [-0.1, -0.05) is 5.92 Å². The largest absolute Gasteiger partial charge is 0.449 e. The maximum Gasteiger partial charge on any atom is 0.342 e. The van der Waals surface area contributed by atoms with Gasteiger partial charge in [0.15, 0.2) is 18.2 Å². The first kappa shape index (κ1) is 13.1. The number of terminal acetylenes is 1. The van der Waals surface area contributed by atoms with Gasteiger partial charge in [0.25, 0.3) is 0 Å². The van der Waals surface area contributed by atoms with Gasteiger partial charge in [-0.2, -0.15) is 0 Å². The summed E-state index contributed by atoms with van der Waals surface area (Å²) in [5.74, 6) is -3.63. The van der Waals surface area contributed by atoms with Crippen molar-refractivity contribution in [3.8, 4) is 12.3 Å². The molecule has 0 saturated carbocycles. The number of hydrogen-bond donors (Lipinski definition) is 1. The molecule has 1 aromatic carbocycles. The zero-order chi connectivity index (χ0) is 13.0. The van der Waals surface area contributed by atoms with Crippen molar-refractivity contribution < 1.29 is 27.8 Å². The van der Waals surface area contributed by atoms with Gasteiger partial charge in [0.2, 0.25) is 0 Å². The molecule has 0 bridgehead atoms. The predicted octanol–water partition coefficient (Wildman–Crippen LogP) is 1.39. The Labute approximate surface area is 94.8 Å². The van der Waals surface area contributed by atoms with Crippen LogP contribution in [-0.4, -0.2) is 17.7 Å². The molecule has 0 aliphatic carbocycles. The second-order valence-corrected chi connectivity index (χ2v) is 2.95. The van der Waals surface area contributed by atoms with Crippen molar-refractivity contribution in [3.63, 3.8) is 0 Å². The molecule has 0 aliphatic rings. The van der Waals surface area contributed by atoms with Gasteiger partial charge in [-0.05, 0) is 6.07 Å². The summed E-state index contributed by atoms with van der Waals surface area (Å²) < 4.78 is 43.8. The number of esters is 1. The van der Waals surface area contributed by atoms with Crippen LogP contribution in [0.15, 0.2) is 6.07 Å². The van der Waals surface area contributed by atoms with Gasteiger partial charge in [0.05, 0.1) is 17.7 Å². The summed E-state index contributed by atoms with van der Waals surface area (Å²) in [6, 6.07) is 0.350. The average molecular weight is 244 g/mol. The van der Waals surface area contributed by atoms with Crippen molar-refractivity contribution in [1.29, 1.82) is 0 Å². The first-order chi connectivity index (χ1) is 8.02. The Hall–Kier alpha value is -2.00. The number of carbonyl (C=O) groups excluding carboxylic acids is 1. The molecular formula is C11H7F3O3. The van der Waals surface area contributed by atoms with Crippen molar-refractivity contribution in [2.24, 2.45) is 0 Å². The normalized spacial score (nSPS) is 9.82. The van der Waals surface area contributed by atoms with Crippen LogP contribution in [0.25, 0.3) is 0 Å². The monoisotopic (exact) mass is 244 g/mol. The van der Waals surface area contributed by atoms with Crippen molar-refractivity contribution in [3.05, 3.63) is 34.6 Å². The van der Waals surface area contributed by atoms with E-state index < -0.39 is 47.8 Å². The van der Waals surface area contributed by atoms with Crippen molar-refractivity contribution in [2.75, 3.05) is 6.61 Å². The summed E-state index contributed by atoms with van der Waals surface area (Å²) in [4.78, 5) is 11.2. The van der Waals surface area contributed by atoms with E-state index in [9.17, 15) is 18.0 Å². The molecule has 1 rings (SSSR count). The highest BCUT2D eigenvalue weighted by Crippen LogP contribution is 2.21. The standard InChI is InChI=1S/C11H7F3O3/c1-2-3-17-11(16)6-4-8(12)10(14)7(5-15)9(6)13/h1,4,15H,3,5H2. The second kappa shape index (κ2) is 5.37. The van der Waals surface area contributed by atoms with Crippen LogP contribution >= 0.6 is 0 Å². The fourth-order valence-corrected chi connectivity index (χ4v) is 1.13. The van der Waals surface area contributed by atoms with E-state index in [4.69, 9.17) is 11.5 Å². The lowest BCUT2D eigenvalue weighted by Gasteiger charge is -2.07. The summed E-state index contributed by atoms with van der Waals surface area (Å²) in [7, 11) is 0. The summed E-state index contributed by atoms with van der Waals surface area (Å²) in [5.41, 5.74) is -1.75. The number of aliphatic hydroxyl groups excluding tert-OH is 1. The lowest BCUT2D eigenvalue weighted by atomic mass is 10.1. The van der Waals surface area contributed by atoms with Gasteiger partial charge in [0, 0.05) is 0 Å². The SMILES string of the molecule is C#CCOC(=O)c1cc(F)c(F)c(CO)c1F. The molecule has 1 aromatic rings. The van der Waals surface area contributed by atoms with Gasteiger partial charge in [-0.3, -0.25) is 0 Å². The third-order valence-electron chi connectivity index (χ3n) is 1.91. The van der Waals surface area contributed by atoms with Crippen LogP contribution in [0.2, 0.25) is 0 Å². The summed E-state index contributed by atoms with van der Waals surface area (Å²) in [6.07, 6.45) is 4.81. The van der Waals surface area contributed by atoms with Crippen LogP contribution < -0.4 is 0 Å². The summed E-state index contributed by atoms with van der Waals surface area (Å²) in [5, 5.41) is 8.67. The highest BCUT2D eigenvalue weighted by molar-refractivity contribution is 5.90. The van der Waals surface area contributed by atoms with E-state index in [1.807, 2.05) is 5.92 Å². The van der Waals surface area contributed by atoms with Crippen LogP contribution in [0.5, 0.6) is 0 Å². The molecule has 90 valence electrons. The topological polar surface area (TPSA) is 46.5 Å². The number of ether oxygens (including phenoxy) is 1. The Balaban J connectivity index is 3.22. The summed E-state index contributed by atoms with van der Waals surface area (Å²) >= 11 is 0. The number of hydrogen-bond acceptors (Lipinski definition) is 3. The quantitative estimate of drug-likeness (QED) is 0.496. The molecule has 0 heterocycles. The molecule has 0 spiro atoms. The molecule has 0 aromatic heterocycles. The first-order valence-corrected chi connectivity index (χ1v) is 4.40. The fourth-order valence-electron chi connectivity index (χ4n) is 1.13. The van der Waals surface area contributed by atoms with Crippen LogP contribution in [0.4, 0.5) is 13.2 Å². The van der Waals surface area contributed by atoms with Gasteiger partial charge in [-0.15, -0.1) is 6.42 Å². The maximum atomic E-state index is 13.5. The van der Waals surface area contributed by atoms with E-state index >= 15 is 0 Å². The minimum Gasteiger partial charge on any atom is -0.449 e. The van der Waals surface area contributed by atoms with E-state index in [0.29, 0.717) is 6.07 Å². The molecule has 1 N–H and O–H groups in total. The van der Waals surface area contributed by atoms with Crippen LogP contribution in [0.3, 0.4) is 0 Å². The van der Waals surface area contributed by atoms with Crippen LogP contribution in [-0.2, 0) is 11.3 Å². The zero-order valence-electron chi connectivity index (χ0n) is 8.47. The van der Waals surface area contributed by atoms with Gasteiger partial charge < -0.3 is 9.84 Å². The number of carbonyl (C=O) groups is 1. The zero-order valence-corrected chi connectivity index (χ0v) is 8.47. The van der Waals surface area contributed by atoms with Crippen molar-refractivity contribution >= 4 is 5.97 Å². The molecule has 6 heteroatoms. The Morgan fingerprint density at radius 1 is 1.41 bits per heavy atom. The average Bonchev–Trinajstić information content (AvgIpc) is 2.31. The Bertz CT molecular complexity index is 492. The smallest absolute Gasteiger partial charge is 0.342 e. The number of rotatable bonds is 3. The molecule has 0 fully saturated rings. The molecule has 3 nitrogen and oxygen atoms in total. The Morgan fingerprint density at radius 2 is 2.06 bits per heavy atom. The molecule has 0 radical (unpaired) electrons. The maximum absolute atomic E-state index is 13.5. The van der Waals surface area contributed by atoms with E-state index in [0.717, 1.165) is 0 Å². The molecule has 17 heavy (non-hydrogen) atoms. The van der Waals surface area contributed by atoms with Crippen LogP contribution in [0, 0.1) is 29.8 Å². The molecule has 0 saturated heterocycles. The Morgan fingerprint density at radius 3 is 2.59 bits per heavy atom. The minimum atomic E-state index is -1.54. The summed E-state index contributed by atoms with van der Waals surface area (Å²) in [6.45, 7) is -1.50. The van der Waals surface area contributed by atoms with E-state index in [-0.39, 0.29) is 0 Å². The predicted molar refractivity (Wildman–Crippen MR) is 51.4 cm³/mol. The number of benzene rings is 1. The van der Waals surface area contributed by atoms with E-state index in [2.05, 4.69) is 4.74 Å². The fraction of sp³-hybridized carbons (Fsp3) is 0.182. The number of aliphatic hydroxyl groups is 1. The van der Waals surface area contributed by atoms with E-state index in [1.54, 1.807) is 0 Å². The second-order valence-electron chi connectivity index (χ2n) is 2.95. The van der Waals surface area contributed by atoms with Gasteiger partial charge >= 0.3 is 5.97 Å². The molecular weight excluding hydrogens is 237 g/mol. The van der Waals surface area contributed by atoms with Crippen molar-refractivity contribution in [1.82, 2.24) is 0 Å². The highest BCUT2D eigenvalue weighted by atomic mass is 19.2. The molecule has 0 unspecified atom stereocenters. The third-order valence-corrected chi connectivity index (χ3v) is 1.91.